The Morgan fingerprint density at radius 2 is 2.37 bits per heavy atom. The SMILES string of the molecule is COCc1cc(SCC(=O)O)n(-c2ccccn2)n1. The molecule has 0 saturated carbocycles. The van der Waals surface area contributed by atoms with E-state index in [9.17, 15) is 4.79 Å². The van der Waals surface area contributed by atoms with Gasteiger partial charge >= 0.3 is 5.97 Å². The number of carboxylic acid groups (broad SMARTS) is 1. The molecule has 1 N–H and O–H groups in total. The molecule has 0 bridgehead atoms. The molecule has 2 heterocycles. The van der Waals surface area contributed by atoms with Gasteiger partial charge in [-0.2, -0.15) is 5.10 Å². The summed E-state index contributed by atoms with van der Waals surface area (Å²) in [6, 6.07) is 7.29. The van der Waals surface area contributed by atoms with Crippen LogP contribution in [0.3, 0.4) is 0 Å². The van der Waals surface area contributed by atoms with Gasteiger partial charge < -0.3 is 9.84 Å². The lowest BCUT2D eigenvalue weighted by atomic mass is 10.4. The average Bonchev–Trinajstić information content (AvgIpc) is 2.81. The van der Waals surface area contributed by atoms with Crippen molar-refractivity contribution < 1.29 is 14.6 Å². The van der Waals surface area contributed by atoms with Gasteiger partial charge in [-0.1, -0.05) is 17.8 Å². The molecular formula is C12H13N3O3S. The van der Waals surface area contributed by atoms with Crippen LogP contribution in [0.4, 0.5) is 0 Å². The fourth-order valence-corrected chi connectivity index (χ4v) is 2.26. The van der Waals surface area contributed by atoms with Gasteiger partial charge in [0.05, 0.1) is 18.1 Å². The van der Waals surface area contributed by atoms with Crippen molar-refractivity contribution in [1.29, 1.82) is 0 Å². The van der Waals surface area contributed by atoms with Crippen LogP contribution in [0.1, 0.15) is 5.69 Å². The number of carbonyl (C=O) groups is 1. The largest absolute Gasteiger partial charge is 0.481 e. The Morgan fingerprint density at radius 1 is 1.53 bits per heavy atom. The van der Waals surface area contributed by atoms with Crippen LogP contribution in [0.2, 0.25) is 0 Å². The molecule has 100 valence electrons. The van der Waals surface area contributed by atoms with E-state index in [1.54, 1.807) is 18.0 Å². The zero-order valence-corrected chi connectivity index (χ0v) is 11.1. The fourth-order valence-electron chi connectivity index (χ4n) is 1.51. The van der Waals surface area contributed by atoms with E-state index in [2.05, 4.69) is 10.1 Å². The summed E-state index contributed by atoms with van der Waals surface area (Å²) in [5, 5.41) is 13.8. The molecular weight excluding hydrogens is 266 g/mol. The Hall–Kier alpha value is -1.86. The van der Waals surface area contributed by atoms with E-state index >= 15 is 0 Å². The van der Waals surface area contributed by atoms with Crippen molar-refractivity contribution in [3.63, 3.8) is 0 Å². The maximum Gasteiger partial charge on any atom is 0.313 e. The molecule has 0 aliphatic rings. The summed E-state index contributed by atoms with van der Waals surface area (Å²) in [6.45, 7) is 0.375. The minimum absolute atomic E-state index is 0.0229. The van der Waals surface area contributed by atoms with E-state index in [1.165, 1.54) is 11.8 Å². The highest BCUT2D eigenvalue weighted by atomic mass is 32.2. The molecule has 19 heavy (non-hydrogen) atoms. The standard InChI is InChI=1S/C12H13N3O3S/c1-18-7-9-6-11(19-8-12(16)17)15(14-9)10-4-2-3-5-13-10/h2-6H,7-8H2,1H3,(H,16,17). The van der Waals surface area contributed by atoms with Gasteiger partial charge in [0.1, 0.15) is 5.03 Å². The molecule has 0 atom stereocenters. The van der Waals surface area contributed by atoms with Crippen LogP contribution in [0.5, 0.6) is 0 Å². The van der Waals surface area contributed by atoms with Crippen molar-refractivity contribution >= 4 is 17.7 Å². The van der Waals surface area contributed by atoms with Gasteiger partial charge in [-0.05, 0) is 18.2 Å². The Kier molecular flexibility index (Phi) is 4.53. The number of hydrogen-bond donors (Lipinski definition) is 1. The molecule has 0 fully saturated rings. The molecule has 0 saturated heterocycles. The number of nitrogens with zero attached hydrogens (tertiary/aromatic N) is 3. The van der Waals surface area contributed by atoms with Crippen LogP contribution >= 0.6 is 11.8 Å². The van der Waals surface area contributed by atoms with Crippen molar-refractivity contribution in [3.05, 3.63) is 36.2 Å². The van der Waals surface area contributed by atoms with Crippen molar-refractivity contribution in [2.24, 2.45) is 0 Å². The van der Waals surface area contributed by atoms with Crippen molar-refractivity contribution in [1.82, 2.24) is 14.8 Å². The van der Waals surface area contributed by atoms with Crippen LogP contribution in [0, 0.1) is 0 Å². The van der Waals surface area contributed by atoms with E-state index in [1.807, 2.05) is 24.3 Å². The number of rotatable bonds is 6. The number of hydrogen-bond acceptors (Lipinski definition) is 5. The third-order valence-corrected chi connectivity index (χ3v) is 3.21. The van der Waals surface area contributed by atoms with Gasteiger partial charge in [-0.25, -0.2) is 9.67 Å². The summed E-state index contributed by atoms with van der Waals surface area (Å²) < 4.78 is 6.66. The molecule has 0 radical (unpaired) electrons. The second-order valence-electron chi connectivity index (χ2n) is 3.69. The summed E-state index contributed by atoms with van der Waals surface area (Å²) in [5.41, 5.74) is 0.737. The normalized spacial score (nSPS) is 10.6. The van der Waals surface area contributed by atoms with Gasteiger partial charge in [-0.3, -0.25) is 4.79 Å². The van der Waals surface area contributed by atoms with Crippen molar-refractivity contribution in [3.8, 4) is 5.82 Å². The summed E-state index contributed by atoms with van der Waals surface area (Å²) in [5.74, 6) is -0.241. The highest BCUT2D eigenvalue weighted by molar-refractivity contribution is 7.99. The summed E-state index contributed by atoms with van der Waals surface area (Å²) >= 11 is 1.20. The number of carboxylic acids is 1. The van der Waals surface area contributed by atoms with E-state index in [4.69, 9.17) is 9.84 Å². The third kappa shape index (κ3) is 3.55. The minimum atomic E-state index is -0.868. The van der Waals surface area contributed by atoms with E-state index in [0.29, 0.717) is 12.4 Å². The van der Waals surface area contributed by atoms with Gasteiger partial charge in [0.15, 0.2) is 5.82 Å². The predicted molar refractivity (Wildman–Crippen MR) is 70.4 cm³/mol. The molecule has 2 aromatic rings. The lowest BCUT2D eigenvalue weighted by Gasteiger charge is -2.04. The number of aromatic nitrogens is 3. The molecule has 0 aromatic carbocycles. The second-order valence-corrected chi connectivity index (χ2v) is 4.68. The van der Waals surface area contributed by atoms with Crippen LogP contribution < -0.4 is 0 Å². The third-order valence-electron chi connectivity index (χ3n) is 2.23. The Morgan fingerprint density at radius 3 is 3.00 bits per heavy atom. The molecule has 0 aliphatic heterocycles. The van der Waals surface area contributed by atoms with Crippen molar-refractivity contribution in [2.45, 2.75) is 11.6 Å². The average molecular weight is 279 g/mol. The maximum absolute atomic E-state index is 10.7. The quantitative estimate of drug-likeness (QED) is 0.809. The molecule has 6 nitrogen and oxygen atoms in total. The first kappa shape index (κ1) is 13.6. The second kappa shape index (κ2) is 6.35. The van der Waals surface area contributed by atoms with Crippen molar-refractivity contribution in [2.75, 3.05) is 12.9 Å². The monoisotopic (exact) mass is 279 g/mol. The van der Waals surface area contributed by atoms with E-state index in [-0.39, 0.29) is 5.75 Å². The molecule has 0 amide bonds. The smallest absolute Gasteiger partial charge is 0.313 e. The van der Waals surface area contributed by atoms with Crippen LogP contribution in [-0.2, 0) is 16.1 Å². The van der Waals surface area contributed by atoms with Crippen LogP contribution in [0.15, 0.2) is 35.5 Å². The van der Waals surface area contributed by atoms with Gasteiger partial charge in [0.25, 0.3) is 0 Å². The zero-order chi connectivity index (χ0) is 13.7. The minimum Gasteiger partial charge on any atom is -0.481 e. The van der Waals surface area contributed by atoms with Gasteiger partial charge in [0, 0.05) is 13.3 Å². The number of thioether (sulfide) groups is 1. The van der Waals surface area contributed by atoms with Crippen LogP contribution in [0.25, 0.3) is 5.82 Å². The Labute approximate surface area is 114 Å². The molecule has 7 heteroatoms. The maximum atomic E-state index is 10.7. The number of aliphatic carboxylic acids is 1. The van der Waals surface area contributed by atoms with Crippen LogP contribution in [-0.4, -0.2) is 38.7 Å². The summed E-state index contributed by atoms with van der Waals surface area (Å²) in [4.78, 5) is 14.9. The first-order chi connectivity index (χ1) is 9.20. The first-order valence-electron chi connectivity index (χ1n) is 5.54. The zero-order valence-electron chi connectivity index (χ0n) is 10.3. The Balaban J connectivity index is 2.31. The number of methoxy groups -OCH3 is 1. The number of pyridine rings is 1. The topological polar surface area (TPSA) is 77.2 Å². The Bertz CT molecular complexity index is 557. The summed E-state index contributed by atoms with van der Waals surface area (Å²) in [6.07, 6.45) is 1.67. The van der Waals surface area contributed by atoms with E-state index < -0.39 is 5.97 Å². The molecule has 2 aromatic heterocycles. The number of ether oxygens (including phenoxy) is 1. The van der Waals surface area contributed by atoms with Gasteiger partial charge in [-0.15, -0.1) is 0 Å². The molecule has 0 aliphatic carbocycles. The lowest BCUT2D eigenvalue weighted by molar-refractivity contribution is -0.133. The summed E-state index contributed by atoms with van der Waals surface area (Å²) in [7, 11) is 1.59. The van der Waals surface area contributed by atoms with Gasteiger partial charge in [0.2, 0.25) is 0 Å². The highest BCUT2D eigenvalue weighted by Gasteiger charge is 2.12. The predicted octanol–water partition coefficient (Wildman–Crippen LogP) is 1.59. The first-order valence-corrected chi connectivity index (χ1v) is 6.53. The lowest BCUT2D eigenvalue weighted by Crippen LogP contribution is -2.04. The van der Waals surface area contributed by atoms with E-state index in [0.717, 1.165) is 10.7 Å². The fraction of sp³-hybridized carbons (Fsp3) is 0.250. The molecule has 0 spiro atoms. The highest BCUT2D eigenvalue weighted by Crippen LogP contribution is 2.22. The molecule has 2 rings (SSSR count). The molecule has 0 unspecified atom stereocenters.